The van der Waals surface area contributed by atoms with Gasteiger partial charge in [0.15, 0.2) is 0 Å². The summed E-state index contributed by atoms with van der Waals surface area (Å²) in [5.74, 6) is -1.13. The van der Waals surface area contributed by atoms with Crippen LogP contribution in [0.15, 0.2) is 0 Å². The van der Waals surface area contributed by atoms with Crippen LogP contribution in [-0.4, -0.2) is 28.1 Å². The fraction of sp³-hybridized carbons (Fsp3) is 0.333. The number of primary amides is 1. The topological polar surface area (TPSA) is 98.0 Å². The molecule has 0 bridgehead atoms. The lowest BCUT2D eigenvalue weighted by molar-refractivity contribution is -0.119. The van der Waals surface area contributed by atoms with Crippen LogP contribution in [0.2, 0.25) is 4.47 Å². The zero-order chi connectivity index (χ0) is 10.7. The van der Waals surface area contributed by atoms with E-state index in [4.69, 9.17) is 17.3 Å². The van der Waals surface area contributed by atoms with Gasteiger partial charge in [0, 0.05) is 0 Å². The number of nitrogens with one attached hydrogen (secondary N) is 1. The van der Waals surface area contributed by atoms with Crippen molar-refractivity contribution >= 4 is 34.8 Å². The van der Waals surface area contributed by atoms with Gasteiger partial charge in [-0.15, -0.1) is 10.2 Å². The molecule has 0 saturated heterocycles. The number of hydrogen-bond acceptors (Lipinski definition) is 5. The van der Waals surface area contributed by atoms with E-state index >= 15 is 0 Å². The molecule has 0 saturated carbocycles. The van der Waals surface area contributed by atoms with Gasteiger partial charge in [-0.25, -0.2) is 0 Å². The first-order chi connectivity index (χ1) is 6.50. The first-order valence-electron chi connectivity index (χ1n) is 3.60. The summed E-state index contributed by atoms with van der Waals surface area (Å²) in [5.41, 5.74) is 4.96. The number of aromatic nitrogens is 2. The van der Waals surface area contributed by atoms with E-state index in [9.17, 15) is 9.59 Å². The molecular formula is C6H7ClN4O2S. The van der Waals surface area contributed by atoms with Crippen molar-refractivity contribution in [3.8, 4) is 0 Å². The molecule has 0 aliphatic heterocycles. The van der Waals surface area contributed by atoms with E-state index in [0.717, 1.165) is 11.3 Å². The molecule has 3 N–H and O–H groups in total. The molecule has 1 aromatic rings. The van der Waals surface area contributed by atoms with Crippen molar-refractivity contribution in [3.63, 3.8) is 0 Å². The molecule has 0 spiro atoms. The predicted molar refractivity (Wildman–Crippen MR) is 51.0 cm³/mol. The molecule has 0 aliphatic carbocycles. The quantitative estimate of drug-likeness (QED) is 0.756. The fourth-order valence-electron chi connectivity index (χ4n) is 0.627. The van der Waals surface area contributed by atoms with Gasteiger partial charge in [0.1, 0.15) is 6.04 Å². The minimum atomic E-state index is -0.745. The number of carbonyl (C=O) groups excluding carboxylic acids is 2. The molecule has 8 heteroatoms. The Balaban J connectivity index is 2.63. The molecule has 0 aromatic carbocycles. The maximum absolute atomic E-state index is 11.3. The predicted octanol–water partition coefficient (Wildman–Crippen LogP) is -0.205. The third kappa shape index (κ3) is 2.64. The van der Waals surface area contributed by atoms with Gasteiger partial charge in [-0.1, -0.05) is 11.3 Å². The first-order valence-corrected chi connectivity index (χ1v) is 4.79. The number of hydrogen-bond donors (Lipinski definition) is 2. The summed E-state index contributed by atoms with van der Waals surface area (Å²) in [7, 11) is 0. The van der Waals surface area contributed by atoms with E-state index in [2.05, 4.69) is 15.5 Å². The minimum Gasteiger partial charge on any atom is -0.368 e. The van der Waals surface area contributed by atoms with Crippen molar-refractivity contribution < 1.29 is 9.59 Å². The normalized spacial score (nSPS) is 12.1. The molecule has 1 atom stereocenters. The van der Waals surface area contributed by atoms with Crippen molar-refractivity contribution in [2.45, 2.75) is 13.0 Å². The number of nitrogens with zero attached hydrogens (tertiary/aromatic N) is 2. The largest absolute Gasteiger partial charge is 0.368 e. The molecule has 2 amide bonds. The SMILES string of the molecule is C[C@@H](NC(=O)c1nnc(Cl)s1)C(N)=O. The van der Waals surface area contributed by atoms with Crippen LogP contribution >= 0.6 is 22.9 Å². The molecule has 0 radical (unpaired) electrons. The minimum absolute atomic E-state index is 0.100. The van der Waals surface area contributed by atoms with Gasteiger partial charge < -0.3 is 11.1 Å². The molecule has 1 heterocycles. The molecule has 0 unspecified atom stereocenters. The summed E-state index contributed by atoms with van der Waals surface area (Å²) in [6, 6.07) is -0.745. The number of nitrogens with two attached hydrogens (primary N) is 1. The Hall–Kier alpha value is -1.21. The zero-order valence-electron chi connectivity index (χ0n) is 7.15. The van der Waals surface area contributed by atoms with Crippen LogP contribution < -0.4 is 11.1 Å². The van der Waals surface area contributed by atoms with Gasteiger partial charge in [-0.05, 0) is 18.5 Å². The van der Waals surface area contributed by atoms with E-state index in [-0.39, 0.29) is 9.47 Å². The van der Waals surface area contributed by atoms with Crippen LogP contribution in [0.25, 0.3) is 0 Å². The van der Waals surface area contributed by atoms with Crippen LogP contribution in [0.3, 0.4) is 0 Å². The average molecular weight is 235 g/mol. The Morgan fingerprint density at radius 2 is 2.21 bits per heavy atom. The van der Waals surface area contributed by atoms with Gasteiger partial charge in [0.05, 0.1) is 0 Å². The van der Waals surface area contributed by atoms with Crippen LogP contribution in [0.1, 0.15) is 16.7 Å². The lowest BCUT2D eigenvalue weighted by Gasteiger charge is -2.07. The summed E-state index contributed by atoms with van der Waals surface area (Å²) in [6.07, 6.45) is 0. The van der Waals surface area contributed by atoms with Gasteiger partial charge in [0.25, 0.3) is 5.91 Å². The van der Waals surface area contributed by atoms with Crippen molar-refractivity contribution in [2.24, 2.45) is 5.73 Å². The van der Waals surface area contributed by atoms with Crippen molar-refractivity contribution in [1.82, 2.24) is 15.5 Å². The van der Waals surface area contributed by atoms with Gasteiger partial charge in [-0.3, -0.25) is 9.59 Å². The van der Waals surface area contributed by atoms with E-state index in [1.54, 1.807) is 0 Å². The van der Waals surface area contributed by atoms with E-state index < -0.39 is 17.9 Å². The second-order valence-electron chi connectivity index (χ2n) is 2.46. The Kier molecular flexibility index (Phi) is 3.37. The Labute approximate surface area is 88.5 Å². The molecule has 1 rings (SSSR count). The molecule has 76 valence electrons. The van der Waals surface area contributed by atoms with Crippen LogP contribution in [-0.2, 0) is 4.79 Å². The van der Waals surface area contributed by atoms with Gasteiger partial charge in [0.2, 0.25) is 15.4 Å². The van der Waals surface area contributed by atoms with Crippen LogP contribution in [0.5, 0.6) is 0 Å². The summed E-state index contributed by atoms with van der Waals surface area (Å²) in [4.78, 5) is 21.9. The Bertz CT molecular complexity index is 366. The molecule has 6 nitrogen and oxygen atoms in total. The number of carbonyl (C=O) groups is 2. The number of halogens is 1. The highest BCUT2D eigenvalue weighted by Crippen LogP contribution is 2.14. The Morgan fingerprint density at radius 1 is 1.57 bits per heavy atom. The van der Waals surface area contributed by atoms with E-state index in [1.807, 2.05) is 0 Å². The smallest absolute Gasteiger partial charge is 0.282 e. The summed E-state index contributed by atoms with van der Waals surface area (Å²) >= 11 is 6.41. The van der Waals surface area contributed by atoms with Crippen molar-refractivity contribution in [1.29, 1.82) is 0 Å². The molecule has 14 heavy (non-hydrogen) atoms. The monoisotopic (exact) mass is 234 g/mol. The van der Waals surface area contributed by atoms with Crippen LogP contribution in [0, 0.1) is 0 Å². The molecule has 0 aliphatic rings. The second kappa shape index (κ2) is 4.34. The number of rotatable bonds is 3. The third-order valence-corrected chi connectivity index (χ3v) is 2.39. The Morgan fingerprint density at radius 3 is 2.64 bits per heavy atom. The molecule has 0 fully saturated rings. The summed E-state index contributed by atoms with van der Waals surface area (Å²) in [6.45, 7) is 1.48. The van der Waals surface area contributed by atoms with Gasteiger partial charge >= 0.3 is 0 Å². The highest BCUT2D eigenvalue weighted by molar-refractivity contribution is 7.17. The molecule has 1 aromatic heterocycles. The first kappa shape index (κ1) is 10.9. The molecular weight excluding hydrogens is 228 g/mol. The number of amides is 2. The maximum Gasteiger partial charge on any atom is 0.282 e. The fourth-order valence-corrected chi connectivity index (χ4v) is 1.36. The average Bonchev–Trinajstić information content (AvgIpc) is 2.51. The highest BCUT2D eigenvalue weighted by Gasteiger charge is 2.16. The van der Waals surface area contributed by atoms with E-state index in [1.165, 1.54) is 6.92 Å². The van der Waals surface area contributed by atoms with Crippen molar-refractivity contribution in [2.75, 3.05) is 0 Å². The lowest BCUT2D eigenvalue weighted by atomic mass is 10.3. The second-order valence-corrected chi connectivity index (χ2v) is 4.02. The standard InChI is InChI=1S/C6H7ClN4O2S/c1-2(3(8)12)9-4(13)5-10-11-6(7)14-5/h2H,1H3,(H2,8,12)(H,9,13)/t2-/m1/s1. The summed E-state index contributed by atoms with van der Waals surface area (Å²) in [5, 5.41) is 9.39. The van der Waals surface area contributed by atoms with Crippen molar-refractivity contribution in [3.05, 3.63) is 9.47 Å². The zero-order valence-corrected chi connectivity index (χ0v) is 8.72. The highest BCUT2D eigenvalue weighted by atomic mass is 35.5. The lowest BCUT2D eigenvalue weighted by Crippen LogP contribution is -2.42. The summed E-state index contributed by atoms with van der Waals surface area (Å²) < 4.78 is 0.168. The van der Waals surface area contributed by atoms with E-state index in [0.29, 0.717) is 0 Å². The van der Waals surface area contributed by atoms with Gasteiger partial charge in [-0.2, -0.15) is 0 Å². The third-order valence-electron chi connectivity index (χ3n) is 1.37. The van der Waals surface area contributed by atoms with Crippen LogP contribution in [0.4, 0.5) is 0 Å². The maximum atomic E-state index is 11.3.